The van der Waals surface area contributed by atoms with E-state index in [0.717, 1.165) is 16.7 Å². The van der Waals surface area contributed by atoms with E-state index < -0.39 is 0 Å². The molecule has 1 aliphatic heterocycles. The second-order valence-corrected chi connectivity index (χ2v) is 6.75. The number of benzene rings is 1. The lowest BCUT2D eigenvalue weighted by molar-refractivity contribution is 0.100. The van der Waals surface area contributed by atoms with Crippen molar-refractivity contribution >= 4 is 23.5 Å². The largest absolute Gasteiger partial charge is 0.382 e. The zero-order valence-electron chi connectivity index (χ0n) is 15.4. The van der Waals surface area contributed by atoms with E-state index in [9.17, 15) is 4.79 Å². The lowest BCUT2D eigenvalue weighted by Gasteiger charge is -2.11. The van der Waals surface area contributed by atoms with E-state index in [1.165, 1.54) is 0 Å². The van der Waals surface area contributed by atoms with Crippen LogP contribution < -0.4 is 5.73 Å². The fraction of sp³-hybridized carbons (Fsp3) is 0.0952. The fourth-order valence-electron chi connectivity index (χ4n) is 3.37. The molecule has 29 heavy (non-hydrogen) atoms. The lowest BCUT2D eigenvalue weighted by Crippen LogP contribution is -2.09. The minimum absolute atomic E-state index is 0.0150. The van der Waals surface area contributed by atoms with Crippen molar-refractivity contribution in [1.29, 1.82) is 0 Å². The van der Waals surface area contributed by atoms with Gasteiger partial charge in [-0.15, -0.1) is 5.10 Å². The Hall–Kier alpha value is -4.07. The van der Waals surface area contributed by atoms with Gasteiger partial charge in [-0.1, -0.05) is 30.3 Å². The lowest BCUT2D eigenvalue weighted by atomic mass is 10.1. The van der Waals surface area contributed by atoms with Gasteiger partial charge in [-0.05, 0) is 11.6 Å². The van der Waals surface area contributed by atoms with Crippen LogP contribution in [0.4, 0.5) is 11.5 Å². The molecule has 0 fully saturated rings. The van der Waals surface area contributed by atoms with Crippen molar-refractivity contribution < 1.29 is 4.79 Å². The normalized spacial score (nSPS) is 12.9. The summed E-state index contributed by atoms with van der Waals surface area (Å²) in [4.78, 5) is 20.9. The van der Waals surface area contributed by atoms with Crippen LogP contribution in [0.3, 0.4) is 0 Å². The molecule has 0 saturated carbocycles. The second-order valence-electron chi connectivity index (χ2n) is 6.75. The number of pyridine rings is 1. The summed E-state index contributed by atoms with van der Waals surface area (Å²) in [6.45, 7) is 0.666. The van der Waals surface area contributed by atoms with Crippen LogP contribution in [0.1, 0.15) is 22.3 Å². The van der Waals surface area contributed by atoms with E-state index in [4.69, 9.17) is 5.73 Å². The summed E-state index contributed by atoms with van der Waals surface area (Å²) in [5, 5.41) is 8.82. The molecule has 0 radical (unpaired) electrons. The number of nitrogens with two attached hydrogens (primary N) is 1. The van der Waals surface area contributed by atoms with Gasteiger partial charge in [0.15, 0.2) is 17.4 Å². The number of aliphatic imine (C=N–C) groups is 1. The zero-order chi connectivity index (χ0) is 19.8. The summed E-state index contributed by atoms with van der Waals surface area (Å²) < 4.78 is 3.42. The van der Waals surface area contributed by atoms with Crippen LogP contribution in [0.25, 0.3) is 16.9 Å². The van der Waals surface area contributed by atoms with Gasteiger partial charge in [0.25, 0.3) is 0 Å². The molecule has 1 aromatic carbocycles. The molecule has 3 aromatic heterocycles. The Balaban J connectivity index is 1.49. The van der Waals surface area contributed by atoms with Crippen molar-refractivity contribution in [3.63, 3.8) is 0 Å². The fourth-order valence-corrected chi connectivity index (χ4v) is 3.37. The highest BCUT2D eigenvalue weighted by atomic mass is 16.1. The molecule has 5 rings (SSSR count). The molecule has 0 atom stereocenters. The van der Waals surface area contributed by atoms with Crippen LogP contribution in [-0.4, -0.2) is 36.5 Å². The van der Waals surface area contributed by atoms with Crippen molar-refractivity contribution in [3.8, 4) is 16.9 Å². The highest BCUT2D eigenvalue weighted by molar-refractivity contribution is 6.10. The average molecular weight is 383 g/mol. The van der Waals surface area contributed by atoms with E-state index in [1.54, 1.807) is 35.6 Å². The summed E-state index contributed by atoms with van der Waals surface area (Å²) in [6, 6.07) is 11.8. The number of aromatic nitrogens is 5. The predicted molar refractivity (Wildman–Crippen MR) is 110 cm³/mol. The number of hydrogen-bond donors (Lipinski definition) is 1. The number of carbonyl (C=O) groups excluding carboxylic acids is 1. The van der Waals surface area contributed by atoms with Gasteiger partial charge in [-0.25, -0.2) is 9.67 Å². The molecule has 0 spiro atoms. The molecular formula is C21H17N7O. The molecule has 0 unspecified atom stereocenters. The van der Waals surface area contributed by atoms with Gasteiger partial charge in [0.1, 0.15) is 5.69 Å². The highest BCUT2D eigenvalue weighted by Crippen LogP contribution is 2.32. The van der Waals surface area contributed by atoms with Gasteiger partial charge in [-0.3, -0.25) is 14.5 Å². The third-order valence-electron chi connectivity index (χ3n) is 4.79. The van der Waals surface area contributed by atoms with Crippen molar-refractivity contribution in [3.05, 3.63) is 72.3 Å². The number of fused-ring (bicyclic) bond motifs is 1. The molecule has 1 aliphatic rings. The third kappa shape index (κ3) is 3.10. The molecule has 0 saturated heterocycles. The predicted octanol–water partition coefficient (Wildman–Crippen LogP) is 3.05. The van der Waals surface area contributed by atoms with E-state index in [0.29, 0.717) is 35.9 Å². The first-order valence-corrected chi connectivity index (χ1v) is 9.16. The van der Waals surface area contributed by atoms with E-state index >= 15 is 0 Å². The summed E-state index contributed by atoms with van der Waals surface area (Å²) in [5.41, 5.74) is 9.99. The molecule has 0 aliphatic carbocycles. The molecule has 4 aromatic rings. The number of anilines is 1. The Morgan fingerprint density at radius 1 is 1.07 bits per heavy atom. The van der Waals surface area contributed by atoms with Crippen LogP contribution in [0.15, 0.2) is 66.2 Å². The van der Waals surface area contributed by atoms with Crippen LogP contribution in [0.5, 0.6) is 0 Å². The second kappa shape index (κ2) is 6.83. The average Bonchev–Trinajstić information content (AvgIpc) is 3.35. The minimum atomic E-state index is 0.0150. The van der Waals surface area contributed by atoms with Crippen molar-refractivity contribution in [2.45, 2.75) is 13.0 Å². The van der Waals surface area contributed by atoms with Gasteiger partial charge in [0.2, 0.25) is 0 Å². The number of Topliss-reactive ketones (excluding diaryl/α,β-unsaturated/α-hetero) is 1. The van der Waals surface area contributed by atoms with Crippen LogP contribution in [-0.2, 0) is 6.54 Å². The van der Waals surface area contributed by atoms with Gasteiger partial charge >= 0.3 is 0 Å². The molecule has 2 N–H and O–H groups in total. The molecule has 4 heterocycles. The van der Waals surface area contributed by atoms with Gasteiger partial charge < -0.3 is 5.73 Å². The van der Waals surface area contributed by atoms with E-state index in [2.05, 4.69) is 32.3 Å². The first-order valence-electron chi connectivity index (χ1n) is 9.16. The number of carbonyl (C=O) groups is 1. The SMILES string of the molecule is Nc1nn(-c2nccc3c2N=CCC3=O)cc1-c1cnn(Cc2ccccc2)c1. The molecule has 8 nitrogen and oxygen atoms in total. The number of ketones is 1. The number of nitrogens with zero attached hydrogens (tertiary/aromatic N) is 6. The maximum Gasteiger partial charge on any atom is 0.180 e. The summed E-state index contributed by atoms with van der Waals surface area (Å²) in [6.07, 6.45) is 8.95. The molecule has 8 heteroatoms. The van der Waals surface area contributed by atoms with Crippen molar-refractivity contribution in [2.75, 3.05) is 5.73 Å². The van der Waals surface area contributed by atoms with Gasteiger partial charge in [0, 0.05) is 47.9 Å². The number of rotatable bonds is 4. The topological polar surface area (TPSA) is 104 Å². The zero-order valence-corrected chi connectivity index (χ0v) is 15.4. The van der Waals surface area contributed by atoms with Crippen molar-refractivity contribution in [2.24, 2.45) is 4.99 Å². The monoisotopic (exact) mass is 383 g/mol. The van der Waals surface area contributed by atoms with Gasteiger partial charge in [-0.2, -0.15) is 5.10 Å². The highest BCUT2D eigenvalue weighted by Gasteiger charge is 2.21. The Morgan fingerprint density at radius 3 is 2.79 bits per heavy atom. The van der Waals surface area contributed by atoms with Gasteiger partial charge in [0.05, 0.1) is 12.7 Å². The molecular weight excluding hydrogens is 366 g/mol. The molecule has 0 bridgehead atoms. The number of hydrogen-bond acceptors (Lipinski definition) is 6. The molecule has 142 valence electrons. The Kier molecular flexibility index (Phi) is 4.02. The maximum absolute atomic E-state index is 12.1. The Bertz CT molecular complexity index is 1240. The Labute approximate surface area is 166 Å². The summed E-state index contributed by atoms with van der Waals surface area (Å²) in [5.74, 6) is 0.845. The minimum Gasteiger partial charge on any atom is -0.382 e. The molecule has 0 amide bonds. The first-order chi connectivity index (χ1) is 14.2. The standard InChI is InChI=1S/C21H17N7O/c22-20-17(15-10-25-27(12-15)11-14-4-2-1-3-5-14)13-28(26-20)21-19-16(6-8-24-21)18(29)7-9-23-19/h1-6,8-10,12-13H,7,11H2,(H2,22,26). The Morgan fingerprint density at radius 2 is 1.93 bits per heavy atom. The van der Waals surface area contributed by atoms with Crippen LogP contribution in [0, 0.1) is 0 Å². The van der Waals surface area contributed by atoms with Crippen molar-refractivity contribution in [1.82, 2.24) is 24.5 Å². The number of nitrogen functional groups attached to an aromatic ring is 1. The van der Waals surface area contributed by atoms with E-state index in [1.807, 2.05) is 29.1 Å². The smallest absolute Gasteiger partial charge is 0.180 e. The quantitative estimate of drug-likeness (QED) is 0.583. The maximum atomic E-state index is 12.1. The van der Waals surface area contributed by atoms with Crippen LogP contribution >= 0.6 is 0 Å². The summed E-state index contributed by atoms with van der Waals surface area (Å²) in [7, 11) is 0. The third-order valence-corrected chi connectivity index (χ3v) is 4.79. The van der Waals surface area contributed by atoms with Crippen LogP contribution in [0.2, 0.25) is 0 Å². The van der Waals surface area contributed by atoms with E-state index in [-0.39, 0.29) is 5.78 Å². The first kappa shape index (κ1) is 17.1. The summed E-state index contributed by atoms with van der Waals surface area (Å²) >= 11 is 0.